The Morgan fingerprint density at radius 3 is 2.50 bits per heavy atom. The van der Waals surface area contributed by atoms with E-state index >= 15 is 0 Å². The number of H-pyrrole nitrogens is 1. The highest BCUT2D eigenvalue weighted by Crippen LogP contribution is 2.20. The number of halogens is 1. The zero-order valence-electron chi connectivity index (χ0n) is 11.7. The van der Waals surface area contributed by atoms with Crippen LogP contribution >= 0.6 is 35.6 Å². The summed E-state index contributed by atoms with van der Waals surface area (Å²) in [5.41, 5.74) is 2.28. The smallest absolute Gasteiger partial charge is 0.199 e. The molecule has 3 aromatic rings. The van der Waals surface area contributed by atoms with Crippen LogP contribution in [0, 0.1) is 4.77 Å². The van der Waals surface area contributed by atoms with Gasteiger partial charge in [-0.1, -0.05) is 41.9 Å². The summed E-state index contributed by atoms with van der Waals surface area (Å²) in [5.74, 6) is 2.64. The molecule has 0 spiro atoms. The number of nitrogens with zero attached hydrogens (tertiary/aromatic N) is 2. The second-order valence-electron chi connectivity index (χ2n) is 4.74. The van der Waals surface area contributed by atoms with Gasteiger partial charge in [-0.15, -0.1) is 11.8 Å². The first-order valence-corrected chi connectivity index (χ1v) is 8.72. The average molecular weight is 348 g/mol. The van der Waals surface area contributed by atoms with Crippen molar-refractivity contribution in [3.8, 4) is 5.69 Å². The lowest BCUT2D eigenvalue weighted by molar-refractivity contribution is 0.949. The van der Waals surface area contributed by atoms with Crippen LogP contribution < -0.4 is 0 Å². The standard InChI is InChI=1S/C16H14ClN3S2/c17-13-6-8-14(9-7-13)20-15(18-19-16(20)21)11-22-10-12-4-2-1-3-5-12/h1-9H,10-11H2,(H,19,21). The third-order valence-electron chi connectivity index (χ3n) is 3.17. The van der Waals surface area contributed by atoms with Crippen LogP contribution in [0.3, 0.4) is 0 Å². The van der Waals surface area contributed by atoms with Crippen LogP contribution in [0.25, 0.3) is 5.69 Å². The second-order valence-corrected chi connectivity index (χ2v) is 6.54. The largest absolute Gasteiger partial charge is 0.271 e. The molecule has 1 aromatic heterocycles. The number of hydrogen-bond donors (Lipinski definition) is 1. The van der Waals surface area contributed by atoms with Gasteiger partial charge in [0.2, 0.25) is 0 Å². The highest BCUT2D eigenvalue weighted by atomic mass is 35.5. The summed E-state index contributed by atoms with van der Waals surface area (Å²) in [5, 5.41) is 7.91. The highest BCUT2D eigenvalue weighted by molar-refractivity contribution is 7.97. The molecule has 3 rings (SSSR count). The molecule has 2 aromatic carbocycles. The molecule has 22 heavy (non-hydrogen) atoms. The summed E-state index contributed by atoms with van der Waals surface area (Å²) in [6.45, 7) is 0. The van der Waals surface area contributed by atoms with Gasteiger partial charge in [0.1, 0.15) is 5.82 Å². The van der Waals surface area contributed by atoms with Crippen LogP contribution in [0.5, 0.6) is 0 Å². The summed E-state index contributed by atoms with van der Waals surface area (Å²) in [4.78, 5) is 0. The van der Waals surface area contributed by atoms with Gasteiger partial charge in [-0.25, -0.2) is 0 Å². The number of aromatic amines is 1. The Balaban J connectivity index is 1.75. The van der Waals surface area contributed by atoms with E-state index in [9.17, 15) is 0 Å². The lowest BCUT2D eigenvalue weighted by Gasteiger charge is -2.07. The number of rotatable bonds is 5. The third-order valence-corrected chi connectivity index (χ3v) is 4.69. The van der Waals surface area contributed by atoms with Crippen molar-refractivity contribution in [1.82, 2.24) is 14.8 Å². The van der Waals surface area contributed by atoms with Gasteiger partial charge in [-0.2, -0.15) is 5.10 Å². The summed E-state index contributed by atoms with van der Waals surface area (Å²) < 4.78 is 2.54. The quantitative estimate of drug-likeness (QED) is 0.658. The van der Waals surface area contributed by atoms with Crippen LogP contribution in [-0.4, -0.2) is 14.8 Å². The fourth-order valence-corrected chi connectivity index (χ4v) is 3.41. The van der Waals surface area contributed by atoms with E-state index in [4.69, 9.17) is 23.8 Å². The monoisotopic (exact) mass is 347 g/mol. The van der Waals surface area contributed by atoms with Crippen LogP contribution in [0.4, 0.5) is 0 Å². The van der Waals surface area contributed by atoms with E-state index in [1.54, 1.807) is 0 Å². The zero-order valence-corrected chi connectivity index (χ0v) is 14.1. The topological polar surface area (TPSA) is 33.6 Å². The number of nitrogens with one attached hydrogen (secondary N) is 1. The van der Waals surface area contributed by atoms with Gasteiger partial charge in [-0.3, -0.25) is 9.67 Å². The maximum absolute atomic E-state index is 5.94. The Morgan fingerprint density at radius 1 is 1.05 bits per heavy atom. The van der Waals surface area contributed by atoms with E-state index in [0.717, 1.165) is 23.0 Å². The molecule has 3 nitrogen and oxygen atoms in total. The maximum atomic E-state index is 5.94. The van der Waals surface area contributed by atoms with Crippen LogP contribution in [-0.2, 0) is 11.5 Å². The summed E-state index contributed by atoms with van der Waals surface area (Å²) in [6, 6.07) is 18.0. The third kappa shape index (κ3) is 3.61. The molecule has 1 N–H and O–H groups in total. The first-order valence-electron chi connectivity index (χ1n) is 6.78. The fourth-order valence-electron chi connectivity index (χ4n) is 2.12. The molecule has 0 radical (unpaired) electrons. The Hall–Kier alpha value is -1.56. The molecule has 0 aliphatic rings. The molecule has 0 atom stereocenters. The van der Waals surface area contributed by atoms with E-state index in [1.807, 2.05) is 46.7 Å². The minimum atomic E-state index is 0.595. The molecule has 112 valence electrons. The van der Waals surface area contributed by atoms with Crippen molar-refractivity contribution in [2.75, 3.05) is 0 Å². The molecule has 0 aliphatic heterocycles. The number of hydrogen-bond acceptors (Lipinski definition) is 3. The Kier molecular flexibility index (Phi) is 4.97. The van der Waals surface area contributed by atoms with E-state index in [2.05, 4.69) is 34.5 Å². The van der Waals surface area contributed by atoms with Crippen LogP contribution in [0.2, 0.25) is 5.02 Å². The van der Waals surface area contributed by atoms with Gasteiger partial charge in [-0.05, 0) is 42.0 Å². The SMILES string of the molecule is S=c1[nH]nc(CSCc2ccccc2)n1-c1ccc(Cl)cc1. The van der Waals surface area contributed by atoms with Crippen molar-refractivity contribution in [2.45, 2.75) is 11.5 Å². The normalized spacial score (nSPS) is 10.8. The molecule has 6 heteroatoms. The molecule has 0 saturated carbocycles. The molecule has 0 fully saturated rings. The van der Waals surface area contributed by atoms with Crippen LogP contribution in [0.1, 0.15) is 11.4 Å². The molecule has 0 unspecified atom stereocenters. The Labute approximate surface area is 143 Å². The van der Waals surface area contributed by atoms with Gasteiger partial charge in [0.25, 0.3) is 0 Å². The van der Waals surface area contributed by atoms with Gasteiger partial charge >= 0.3 is 0 Å². The molecule has 1 heterocycles. The molecule has 0 aliphatic carbocycles. The van der Waals surface area contributed by atoms with Crippen molar-refractivity contribution in [1.29, 1.82) is 0 Å². The van der Waals surface area contributed by atoms with Crippen molar-refractivity contribution in [3.63, 3.8) is 0 Å². The number of thioether (sulfide) groups is 1. The maximum Gasteiger partial charge on any atom is 0.199 e. The molecule has 0 saturated heterocycles. The molecular weight excluding hydrogens is 334 g/mol. The van der Waals surface area contributed by atoms with E-state index < -0.39 is 0 Å². The Morgan fingerprint density at radius 2 is 1.77 bits per heavy atom. The van der Waals surface area contributed by atoms with Crippen molar-refractivity contribution in [3.05, 3.63) is 75.8 Å². The van der Waals surface area contributed by atoms with Gasteiger partial charge in [0.05, 0.1) is 5.75 Å². The fraction of sp³-hybridized carbons (Fsp3) is 0.125. The first-order chi connectivity index (χ1) is 10.7. The lowest BCUT2D eigenvalue weighted by Crippen LogP contribution is -2.00. The van der Waals surface area contributed by atoms with E-state index in [1.165, 1.54) is 5.56 Å². The molecule has 0 bridgehead atoms. The predicted octanol–water partition coefficient (Wildman–Crippen LogP) is 5.02. The lowest BCUT2D eigenvalue weighted by atomic mass is 10.2. The average Bonchev–Trinajstić information content (AvgIpc) is 2.90. The predicted molar refractivity (Wildman–Crippen MR) is 95.2 cm³/mol. The second kappa shape index (κ2) is 7.13. The summed E-state index contributed by atoms with van der Waals surface area (Å²) in [6.07, 6.45) is 0. The van der Waals surface area contributed by atoms with Gasteiger partial charge in [0.15, 0.2) is 4.77 Å². The summed E-state index contributed by atoms with van der Waals surface area (Å²) in [7, 11) is 0. The Bertz CT molecular complexity index is 794. The van der Waals surface area contributed by atoms with Crippen molar-refractivity contribution in [2.24, 2.45) is 0 Å². The summed E-state index contributed by atoms with van der Waals surface area (Å²) >= 11 is 13.1. The van der Waals surface area contributed by atoms with Gasteiger partial charge < -0.3 is 0 Å². The van der Waals surface area contributed by atoms with E-state index in [-0.39, 0.29) is 0 Å². The number of benzene rings is 2. The molecular formula is C16H14ClN3S2. The van der Waals surface area contributed by atoms with Crippen molar-refractivity contribution < 1.29 is 0 Å². The van der Waals surface area contributed by atoms with E-state index in [0.29, 0.717) is 9.79 Å². The minimum Gasteiger partial charge on any atom is -0.271 e. The van der Waals surface area contributed by atoms with Crippen LogP contribution in [0.15, 0.2) is 54.6 Å². The highest BCUT2D eigenvalue weighted by Gasteiger charge is 2.08. The zero-order chi connectivity index (χ0) is 15.4. The van der Waals surface area contributed by atoms with Crippen molar-refractivity contribution >= 4 is 35.6 Å². The van der Waals surface area contributed by atoms with Gasteiger partial charge in [0, 0.05) is 16.5 Å². The number of aromatic nitrogens is 3. The first kappa shape index (κ1) is 15.3. The minimum absolute atomic E-state index is 0.595. The molecule has 0 amide bonds.